The van der Waals surface area contributed by atoms with Crippen LogP contribution < -0.4 is 15.8 Å². The molecule has 2 heterocycles. The topological polar surface area (TPSA) is 67.6 Å². The quantitative estimate of drug-likeness (QED) is 0.864. The first kappa shape index (κ1) is 14.2. The molecular formula is C16H23N3O2. The van der Waals surface area contributed by atoms with Gasteiger partial charge in [-0.05, 0) is 37.9 Å². The van der Waals surface area contributed by atoms with Crippen molar-refractivity contribution < 1.29 is 9.53 Å². The maximum Gasteiger partial charge on any atom is 0.255 e. The van der Waals surface area contributed by atoms with Crippen molar-refractivity contribution in [1.29, 1.82) is 0 Å². The lowest BCUT2D eigenvalue weighted by atomic mass is 9.99. The zero-order chi connectivity index (χ0) is 14.7. The van der Waals surface area contributed by atoms with Crippen LogP contribution in [0, 0.1) is 0 Å². The van der Waals surface area contributed by atoms with Crippen molar-refractivity contribution in [2.24, 2.45) is 5.73 Å². The molecule has 3 N–H and O–H groups in total. The standard InChI is InChI=1S/C16H23N3O2/c17-16(20)11-21-13-5-3-4-12(10-13)18-14-7-9-19-8-2-1-6-15(14)19/h3-5,10,14-15,18H,1-2,6-9,11H2,(H2,17,20). The van der Waals surface area contributed by atoms with E-state index in [1.165, 1.54) is 38.8 Å². The summed E-state index contributed by atoms with van der Waals surface area (Å²) in [5.74, 6) is 0.222. The SMILES string of the molecule is NC(=O)COc1cccc(NC2CCN3CCCCC23)c1. The molecule has 0 saturated carbocycles. The van der Waals surface area contributed by atoms with Gasteiger partial charge in [0.15, 0.2) is 6.61 Å². The lowest BCUT2D eigenvalue weighted by Gasteiger charge is -2.33. The van der Waals surface area contributed by atoms with Gasteiger partial charge in [0.25, 0.3) is 5.91 Å². The summed E-state index contributed by atoms with van der Waals surface area (Å²) < 4.78 is 5.35. The van der Waals surface area contributed by atoms with E-state index in [-0.39, 0.29) is 6.61 Å². The minimum atomic E-state index is -0.456. The minimum absolute atomic E-state index is 0.0801. The maximum absolute atomic E-state index is 10.8. The summed E-state index contributed by atoms with van der Waals surface area (Å²) in [5.41, 5.74) is 6.15. The summed E-state index contributed by atoms with van der Waals surface area (Å²) in [7, 11) is 0. The van der Waals surface area contributed by atoms with E-state index in [0.29, 0.717) is 17.8 Å². The van der Waals surface area contributed by atoms with E-state index in [4.69, 9.17) is 10.5 Å². The molecule has 114 valence electrons. The number of nitrogens with one attached hydrogen (secondary N) is 1. The second-order valence-electron chi connectivity index (χ2n) is 5.92. The highest BCUT2D eigenvalue weighted by Crippen LogP contribution is 2.30. The molecule has 2 saturated heterocycles. The van der Waals surface area contributed by atoms with E-state index in [1.54, 1.807) is 0 Å². The first-order valence-corrected chi connectivity index (χ1v) is 7.74. The Labute approximate surface area is 125 Å². The van der Waals surface area contributed by atoms with Crippen molar-refractivity contribution in [3.05, 3.63) is 24.3 Å². The molecule has 0 spiro atoms. The molecule has 1 amide bonds. The molecule has 2 aliphatic heterocycles. The zero-order valence-corrected chi connectivity index (χ0v) is 12.3. The second-order valence-corrected chi connectivity index (χ2v) is 5.92. The lowest BCUT2D eigenvalue weighted by Crippen LogP contribution is -2.41. The van der Waals surface area contributed by atoms with E-state index in [0.717, 1.165) is 5.69 Å². The van der Waals surface area contributed by atoms with Gasteiger partial charge < -0.3 is 15.8 Å². The number of primary amides is 1. The van der Waals surface area contributed by atoms with Crippen LogP contribution in [0.2, 0.25) is 0 Å². The largest absolute Gasteiger partial charge is 0.484 e. The van der Waals surface area contributed by atoms with E-state index in [2.05, 4.69) is 10.2 Å². The number of ether oxygens (including phenoxy) is 1. The van der Waals surface area contributed by atoms with Crippen LogP contribution >= 0.6 is 0 Å². The molecule has 0 radical (unpaired) electrons. The number of nitrogens with two attached hydrogens (primary N) is 1. The highest BCUT2D eigenvalue weighted by Gasteiger charge is 2.35. The number of carbonyl (C=O) groups excluding carboxylic acids is 1. The number of rotatable bonds is 5. The Morgan fingerprint density at radius 3 is 3.10 bits per heavy atom. The fraction of sp³-hybridized carbons (Fsp3) is 0.562. The predicted molar refractivity (Wildman–Crippen MR) is 82.4 cm³/mol. The fourth-order valence-electron chi connectivity index (χ4n) is 3.46. The van der Waals surface area contributed by atoms with Crippen LogP contribution in [-0.2, 0) is 4.79 Å². The van der Waals surface area contributed by atoms with Gasteiger partial charge in [0, 0.05) is 30.4 Å². The second kappa shape index (κ2) is 6.35. The Balaban J connectivity index is 1.62. The van der Waals surface area contributed by atoms with Gasteiger partial charge in [0.2, 0.25) is 0 Å². The predicted octanol–water partition coefficient (Wildman–Crippen LogP) is 1.59. The molecule has 5 heteroatoms. The van der Waals surface area contributed by atoms with Gasteiger partial charge in [-0.15, -0.1) is 0 Å². The maximum atomic E-state index is 10.8. The van der Waals surface area contributed by atoms with Gasteiger partial charge in [-0.3, -0.25) is 9.69 Å². The van der Waals surface area contributed by atoms with Crippen molar-refractivity contribution in [2.45, 2.75) is 37.8 Å². The Morgan fingerprint density at radius 2 is 2.24 bits per heavy atom. The molecule has 2 unspecified atom stereocenters. The molecule has 5 nitrogen and oxygen atoms in total. The number of amides is 1. The average molecular weight is 289 g/mol. The molecular weight excluding hydrogens is 266 g/mol. The zero-order valence-electron chi connectivity index (χ0n) is 12.3. The number of fused-ring (bicyclic) bond motifs is 1. The van der Waals surface area contributed by atoms with Gasteiger partial charge in [-0.1, -0.05) is 12.5 Å². The number of hydrogen-bond donors (Lipinski definition) is 2. The Hall–Kier alpha value is -1.75. The van der Waals surface area contributed by atoms with E-state index in [9.17, 15) is 4.79 Å². The summed E-state index contributed by atoms with van der Waals surface area (Å²) in [6.07, 6.45) is 5.15. The number of hydrogen-bond acceptors (Lipinski definition) is 4. The van der Waals surface area contributed by atoms with E-state index >= 15 is 0 Å². The molecule has 0 aliphatic carbocycles. The van der Waals surface area contributed by atoms with Crippen LogP contribution in [0.25, 0.3) is 0 Å². The van der Waals surface area contributed by atoms with Gasteiger partial charge in [0.05, 0.1) is 0 Å². The molecule has 2 aliphatic rings. The monoisotopic (exact) mass is 289 g/mol. The van der Waals surface area contributed by atoms with Gasteiger partial charge in [0.1, 0.15) is 5.75 Å². The number of nitrogens with zero attached hydrogens (tertiary/aromatic N) is 1. The average Bonchev–Trinajstić information content (AvgIpc) is 2.89. The number of piperidine rings is 1. The van der Waals surface area contributed by atoms with Crippen molar-refractivity contribution in [3.8, 4) is 5.75 Å². The van der Waals surface area contributed by atoms with Crippen LogP contribution in [0.15, 0.2) is 24.3 Å². The fourth-order valence-corrected chi connectivity index (χ4v) is 3.46. The molecule has 2 atom stereocenters. The first-order valence-electron chi connectivity index (χ1n) is 7.74. The highest BCUT2D eigenvalue weighted by atomic mass is 16.5. The van der Waals surface area contributed by atoms with Crippen molar-refractivity contribution >= 4 is 11.6 Å². The van der Waals surface area contributed by atoms with Crippen LogP contribution in [-0.4, -0.2) is 42.6 Å². The van der Waals surface area contributed by atoms with Crippen molar-refractivity contribution in [2.75, 3.05) is 25.0 Å². The summed E-state index contributed by atoms with van der Waals surface area (Å²) in [5, 5.41) is 3.63. The van der Waals surface area contributed by atoms with E-state index < -0.39 is 5.91 Å². The Kier molecular flexibility index (Phi) is 4.29. The normalized spacial score (nSPS) is 25.3. The van der Waals surface area contributed by atoms with Crippen LogP contribution in [0.5, 0.6) is 5.75 Å². The van der Waals surface area contributed by atoms with Gasteiger partial charge in [-0.25, -0.2) is 0 Å². The summed E-state index contributed by atoms with van der Waals surface area (Å²) >= 11 is 0. The third-order valence-electron chi connectivity index (χ3n) is 4.42. The summed E-state index contributed by atoms with van der Waals surface area (Å²) in [6.45, 7) is 2.36. The number of anilines is 1. The van der Waals surface area contributed by atoms with Gasteiger partial charge in [-0.2, -0.15) is 0 Å². The van der Waals surface area contributed by atoms with Crippen LogP contribution in [0.1, 0.15) is 25.7 Å². The summed E-state index contributed by atoms with van der Waals surface area (Å²) in [4.78, 5) is 13.4. The summed E-state index contributed by atoms with van der Waals surface area (Å²) in [6, 6.07) is 8.93. The molecule has 1 aromatic rings. The smallest absolute Gasteiger partial charge is 0.255 e. The minimum Gasteiger partial charge on any atom is -0.484 e. The first-order chi connectivity index (χ1) is 10.2. The molecule has 0 aromatic heterocycles. The molecule has 2 fully saturated rings. The van der Waals surface area contributed by atoms with Crippen molar-refractivity contribution in [1.82, 2.24) is 4.90 Å². The third kappa shape index (κ3) is 3.47. The highest BCUT2D eigenvalue weighted by molar-refractivity contribution is 5.75. The molecule has 1 aromatic carbocycles. The van der Waals surface area contributed by atoms with Gasteiger partial charge >= 0.3 is 0 Å². The Morgan fingerprint density at radius 1 is 1.33 bits per heavy atom. The molecule has 3 rings (SSSR count). The lowest BCUT2D eigenvalue weighted by molar-refractivity contribution is -0.119. The van der Waals surface area contributed by atoms with Crippen LogP contribution in [0.3, 0.4) is 0 Å². The number of carbonyl (C=O) groups is 1. The molecule has 21 heavy (non-hydrogen) atoms. The van der Waals surface area contributed by atoms with Crippen molar-refractivity contribution in [3.63, 3.8) is 0 Å². The van der Waals surface area contributed by atoms with E-state index in [1.807, 2.05) is 24.3 Å². The third-order valence-corrected chi connectivity index (χ3v) is 4.42. The molecule has 0 bridgehead atoms. The number of benzene rings is 1. The van der Waals surface area contributed by atoms with Crippen LogP contribution in [0.4, 0.5) is 5.69 Å². The Bertz CT molecular complexity index is 506.